The highest BCUT2D eigenvalue weighted by Gasteiger charge is 2.22. The van der Waals surface area contributed by atoms with Crippen LogP contribution < -0.4 is 14.8 Å². The van der Waals surface area contributed by atoms with Gasteiger partial charge in [-0.05, 0) is 68.4 Å². The first kappa shape index (κ1) is 25.0. The zero-order valence-corrected chi connectivity index (χ0v) is 21.8. The fourth-order valence-corrected chi connectivity index (χ4v) is 5.62. The average molecular weight is 518 g/mol. The number of imidazole rings is 1. The molecule has 1 fully saturated rings. The highest BCUT2D eigenvalue weighted by molar-refractivity contribution is 7.92. The van der Waals surface area contributed by atoms with E-state index in [4.69, 9.17) is 4.74 Å². The maximum Gasteiger partial charge on any atom is 0.262 e. The van der Waals surface area contributed by atoms with Crippen molar-refractivity contribution in [2.24, 2.45) is 0 Å². The van der Waals surface area contributed by atoms with Crippen LogP contribution in [0.15, 0.2) is 90.2 Å². The highest BCUT2D eigenvalue weighted by Crippen LogP contribution is 2.27. The van der Waals surface area contributed by atoms with Gasteiger partial charge in [0.1, 0.15) is 11.5 Å². The molecule has 0 spiro atoms. The molecule has 2 heterocycles. The Labute approximate surface area is 218 Å². The molecule has 192 valence electrons. The van der Waals surface area contributed by atoms with Crippen LogP contribution in [0, 0.1) is 6.92 Å². The Morgan fingerprint density at radius 3 is 2.57 bits per heavy atom. The van der Waals surface area contributed by atoms with E-state index in [1.165, 1.54) is 6.07 Å². The van der Waals surface area contributed by atoms with Crippen LogP contribution in [0.3, 0.4) is 0 Å². The van der Waals surface area contributed by atoms with E-state index in [9.17, 15) is 8.42 Å². The number of sulfonamides is 1. The lowest BCUT2D eigenvalue weighted by molar-refractivity contribution is 0.322. The summed E-state index contributed by atoms with van der Waals surface area (Å²) in [4.78, 5) is 6.84. The van der Waals surface area contributed by atoms with Crippen molar-refractivity contribution in [3.8, 4) is 17.2 Å². The quantitative estimate of drug-likeness (QED) is 0.338. The molecule has 0 bridgehead atoms. The highest BCUT2D eigenvalue weighted by atomic mass is 32.2. The zero-order chi connectivity index (χ0) is 25.8. The molecule has 8 nitrogen and oxygen atoms in total. The van der Waals surface area contributed by atoms with Crippen molar-refractivity contribution in [3.05, 3.63) is 96.6 Å². The van der Waals surface area contributed by atoms with Gasteiger partial charge < -0.3 is 14.6 Å². The second-order valence-corrected chi connectivity index (χ2v) is 11.0. The van der Waals surface area contributed by atoms with Gasteiger partial charge in [0.2, 0.25) is 0 Å². The number of para-hydroxylation sites is 1. The van der Waals surface area contributed by atoms with Crippen LogP contribution in [-0.4, -0.2) is 49.0 Å². The summed E-state index contributed by atoms with van der Waals surface area (Å²) in [5, 5.41) is 3.34. The SMILES string of the molecule is CNC1CCN(Cc2cc(NS(=O)(=O)c3cccc(Oc4ccccc4)c3)cc(-n3cnc(C)c3)c2)C1. The molecule has 1 aromatic heterocycles. The summed E-state index contributed by atoms with van der Waals surface area (Å²) in [5.41, 5.74) is 3.26. The Morgan fingerprint density at radius 1 is 1.03 bits per heavy atom. The van der Waals surface area contributed by atoms with Gasteiger partial charge in [0.05, 0.1) is 22.6 Å². The van der Waals surface area contributed by atoms with Gasteiger partial charge in [-0.1, -0.05) is 24.3 Å². The summed E-state index contributed by atoms with van der Waals surface area (Å²) < 4.78 is 37.3. The molecule has 0 saturated carbocycles. The number of anilines is 1. The number of ether oxygens (including phenoxy) is 1. The van der Waals surface area contributed by atoms with E-state index in [0.717, 1.165) is 43.0 Å². The van der Waals surface area contributed by atoms with Crippen molar-refractivity contribution < 1.29 is 13.2 Å². The van der Waals surface area contributed by atoms with Crippen molar-refractivity contribution in [1.82, 2.24) is 19.8 Å². The molecular weight excluding hydrogens is 486 g/mol. The second kappa shape index (κ2) is 10.8. The van der Waals surface area contributed by atoms with Gasteiger partial charge in [-0.25, -0.2) is 13.4 Å². The predicted molar refractivity (Wildman–Crippen MR) is 145 cm³/mol. The number of benzene rings is 3. The minimum atomic E-state index is -3.86. The van der Waals surface area contributed by atoms with Crippen LogP contribution in [0.25, 0.3) is 5.69 Å². The monoisotopic (exact) mass is 517 g/mol. The molecule has 5 rings (SSSR count). The number of nitrogens with one attached hydrogen (secondary N) is 2. The maximum absolute atomic E-state index is 13.4. The number of likely N-dealkylation sites (N-methyl/N-ethyl adjacent to an activating group) is 1. The Hall–Kier alpha value is -3.66. The lowest BCUT2D eigenvalue weighted by atomic mass is 10.1. The number of hydrogen-bond acceptors (Lipinski definition) is 6. The normalized spacial score (nSPS) is 16.1. The third kappa shape index (κ3) is 6.19. The Balaban J connectivity index is 1.42. The van der Waals surface area contributed by atoms with Crippen LogP contribution in [-0.2, 0) is 16.6 Å². The third-order valence-electron chi connectivity index (χ3n) is 6.42. The second-order valence-electron chi connectivity index (χ2n) is 9.32. The Kier molecular flexibility index (Phi) is 7.27. The Morgan fingerprint density at radius 2 is 1.84 bits per heavy atom. The van der Waals surface area contributed by atoms with Crippen LogP contribution in [0.5, 0.6) is 11.5 Å². The summed E-state index contributed by atoms with van der Waals surface area (Å²) >= 11 is 0. The lowest BCUT2D eigenvalue weighted by Crippen LogP contribution is -2.29. The van der Waals surface area contributed by atoms with E-state index < -0.39 is 10.0 Å². The number of aromatic nitrogens is 2. The number of nitrogens with zero attached hydrogens (tertiary/aromatic N) is 3. The van der Waals surface area contributed by atoms with Crippen LogP contribution >= 0.6 is 0 Å². The summed E-state index contributed by atoms with van der Waals surface area (Å²) in [6.07, 6.45) is 4.76. The van der Waals surface area contributed by atoms with E-state index in [1.807, 2.05) is 67.2 Å². The van der Waals surface area contributed by atoms with Gasteiger partial charge >= 0.3 is 0 Å². The standard InChI is InChI=1S/C28H31N5O3S/c1-21-17-33(20-30-21)25-14-22(18-32-12-11-23(19-32)29-2)13-24(15-25)31-37(34,35)28-10-6-9-27(16-28)36-26-7-4-3-5-8-26/h3-10,13-17,20,23,29,31H,11-12,18-19H2,1-2H3. The first-order chi connectivity index (χ1) is 17.9. The lowest BCUT2D eigenvalue weighted by Gasteiger charge is -2.18. The minimum Gasteiger partial charge on any atom is -0.457 e. The first-order valence-electron chi connectivity index (χ1n) is 12.3. The maximum atomic E-state index is 13.4. The fourth-order valence-electron chi connectivity index (χ4n) is 4.55. The molecule has 0 aliphatic carbocycles. The van der Waals surface area contributed by atoms with Crippen LogP contribution in [0.2, 0.25) is 0 Å². The third-order valence-corrected chi connectivity index (χ3v) is 7.80. The Bertz CT molecular complexity index is 1470. The number of hydrogen-bond donors (Lipinski definition) is 2. The van der Waals surface area contributed by atoms with Crippen molar-refractivity contribution in [1.29, 1.82) is 0 Å². The smallest absolute Gasteiger partial charge is 0.262 e. The van der Waals surface area contributed by atoms with Gasteiger partial charge in [-0.2, -0.15) is 0 Å². The summed E-state index contributed by atoms with van der Waals surface area (Å²) in [7, 11) is -1.87. The van der Waals surface area contributed by atoms with E-state index in [-0.39, 0.29) is 4.90 Å². The van der Waals surface area contributed by atoms with E-state index in [1.54, 1.807) is 24.5 Å². The molecule has 1 saturated heterocycles. The first-order valence-corrected chi connectivity index (χ1v) is 13.8. The van der Waals surface area contributed by atoms with Gasteiger partial charge in [-0.3, -0.25) is 9.62 Å². The molecule has 1 aliphatic rings. The minimum absolute atomic E-state index is 0.128. The summed E-state index contributed by atoms with van der Waals surface area (Å²) in [5.74, 6) is 1.09. The zero-order valence-electron chi connectivity index (χ0n) is 21.0. The number of rotatable bonds is 9. The molecule has 1 atom stereocenters. The summed E-state index contributed by atoms with van der Waals surface area (Å²) in [6.45, 7) is 4.61. The van der Waals surface area contributed by atoms with E-state index in [0.29, 0.717) is 23.2 Å². The predicted octanol–water partition coefficient (Wildman–Crippen LogP) is 4.57. The van der Waals surface area contributed by atoms with Crippen molar-refractivity contribution in [3.63, 3.8) is 0 Å². The van der Waals surface area contributed by atoms with Crippen molar-refractivity contribution in [2.75, 3.05) is 24.9 Å². The molecule has 0 radical (unpaired) electrons. The molecule has 1 unspecified atom stereocenters. The molecule has 4 aromatic rings. The van der Waals surface area contributed by atoms with Gasteiger partial charge in [-0.15, -0.1) is 0 Å². The van der Waals surface area contributed by atoms with E-state index >= 15 is 0 Å². The summed E-state index contributed by atoms with van der Waals surface area (Å²) in [6, 6.07) is 22.1. The van der Waals surface area contributed by atoms with Crippen molar-refractivity contribution >= 4 is 15.7 Å². The molecule has 3 aromatic carbocycles. The molecular formula is C28H31N5O3S. The van der Waals surface area contributed by atoms with Crippen molar-refractivity contribution in [2.45, 2.75) is 30.8 Å². The average Bonchev–Trinajstić information content (AvgIpc) is 3.53. The number of likely N-dealkylation sites (tertiary alicyclic amines) is 1. The largest absolute Gasteiger partial charge is 0.457 e. The van der Waals surface area contributed by atoms with Gasteiger partial charge in [0.25, 0.3) is 10.0 Å². The fraction of sp³-hybridized carbons (Fsp3) is 0.250. The molecule has 1 aliphatic heterocycles. The van der Waals surface area contributed by atoms with Crippen LogP contribution in [0.4, 0.5) is 5.69 Å². The number of aryl methyl sites for hydroxylation is 1. The molecule has 2 N–H and O–H groups in total. The van der Waals surface area contributed by atoms with Gasteiger partial charge in [0.15, 0.2) is 0 Å². The van der Waals surface area contributed by atoms with Gasteiger partial charge in [0, 0.05) is 43.6 Å². The van der Waals surface area contributed by atoms with Crippen LogP contribution in [0.1, 0.15) is 17.7 Å². The topological polar surface area (TPSA) is 88.5 Å². The molecule has 37 heavy (non-hydrogen) atoms. The molecule has 0 amide bonds. The van der Waals surface area contributed by atoms with E-state index in [2.05, 4.69) is 26.0 Å². The molecule has 9 heteroatoms.